The number of amides is 2. The molecule has 2 unspecified atom stereocenters. The van der Waals surface area contributed by atoms with Gasteiger partial charge in [-0.15, -0.1) is 0 Å². The molecule has 2 fully saturated rings. The Morgan fingerprint density at radius 1 is 1.47 bits per heavy atom. The number of aliphatic hydroxyl groups excluding tert-OH is 1. The molecule has 5 heteroatoms. The summed E-state index contributed by atoms with van der Waals surface area (Å²) in [5.41, 5.74) is 0. The van der Waals surface area contributed by atoms with E-state index in [-0.39, 0.29) is 23.8 Å². The van der Waals surface area contributed by atoms with Crippen LogP contribution in [0.4, 0.5) is 0 Å². The van der Waals surface area contributed by atoms with Gasteiger partial charge in [-0.1, -0.05) is 6.92 Å². The second-order valence-corrected chi connectivity index (χ2v) is 5.14. The van der Waals surface area contributed by atoms with Crippen LogP contribution in [0, 0.1) is 11.8 Å². The number of β-amino-alcohol motifs (C(OH)–C–C–N with tert-alkyl or cyclic N) is 1. The Morgan fingerprint density at radius 2 is 2.18 bits per heavy atom. The molecule has 1 aliphatic heterocycles. The Morgan fingerprint density at radius 3 is 2.71 bits per heavy atom. The van der Waals surface area contributed by atoms with Gasteiger partial charge in [-0.25, -0.2) is 0 Å². The molecule has 0 aromatic rings. The lowest BCUT2D eigenvalue weighted by Gasteiger charge is -2.15. The van der Waals surface area contributed by atoms with Crippen LogP contribution in [-0.4, -0.2) is 47.6 Å². The minimum atomic E-state index is -0.374. The van der Waals surface area contributed by atoms with Crippen molar-refractivity contribution in [1.29, 1.82) is 0 Å². The van der Waals surface area contributed by atoms with Crippen LogP contribution in [0.15, 0.2) is 0 Å². The van der Waals surface area contributed by atoms with E-state index >= 15 is 0 Å². The zero-order valence-electron chi connectivity index (χ0n) is 10.2. The summed E-state index contributed by atoms with van der Waals surface area (Å²) < 4.78 is 0. The number of likely N-dealkylation sites (tertiary alicyclic amines) is 1. The first-order valence-corrected chi connectivity index (χ1v) is 6.31. The van der Waals surface area contributed by atoms with E-state index in [0.717, 1.165) is 6.42 Å². The first-order valence-electron chi connectivity index (χ1n) is 6.31. The molecule has 17 heavy (non-hydrogen) atoms. The van der Waals surface area contributed by atoms with Crippen molar-refractivity contribution in [3.63, 3.8) is 0 Å². The van der Waals surface area contributed by atoms with Crippen LogP contribution in [0.25, 0.3) is 0 Å². The largest absolute Gasteiger partial charge is 0.391 e. The van der Waals surface area contributed by atoms with E-state index in [1.54, 1.807) is 4.90 Å². The summed E-state index contributed by atoms with van der Waals surface area (Å²) in [5.74, 6) is 0.760. The van der Waals surface area contributed by atoms with Crippen LogP contribution in [0.2, 0.25) is 0 Å². The zero-order chi connectivity index (χ0) is 12.4. The summed E-state index contributed by atoms with van der Waals surface area (Å²) in [6.07, 6.45) is 1.59. The molecule has 1 aliphatic carbocycles. The molecule has 2 amide bonds. The number of nitrogens with zero attached hydrogens (tertiary/aromatic N) is 1. The summed E-state index contributed by atoms with van der Waals surface area (Å²) in [7, 11) is 0. The number of hydrogen-bond acceptors (Lipinski definition) is 3. The first kappa shape index (κ1) is 12.4. The van der Waals surface area contributed by atoms with Crippen LogP contribution in [0.1, 0.15) is 26.2 Å². The summed E-state index contributed by atoms with van der Waals surface area (Å²) >= 11 is 0. The Hall–Kier alpha value is -1.10. The summed E-state index contributed by atoms with van der Waals surface area (Å²) in [4.78, 5) is 24.8. The maximum absolute atomic E-state index is 11.7. The van der Waals surface area contributed by atoms with Gasteiger partial charge in [-0.05, 0) is 18.8 Å². The van der Waals surface area contributed by atoms with Crippen LogP contribution >= 0.6 is 0 Å². The smallest absolute Gasteiger partial charge is 0.224 e. The monoisotopic (exact) mass is 240 g/mol. The van der Waals surface area contributed by atoms with E-state index in [1.165, 1.54) is 0 Å². The molecule has 2 rings (SSSR count). The van der Waals surface area contributed by atoms with Gasteiger partial charge in [0.1, 0.15) is 0 Å². The van der Waals surface area contributed by atoms with Gasteiger partial charge in [0.2, 0.25) is 11.8 Å². The molecule has 0 bridgehead atoms. The average Bonchev–Trinajstić information content (AvgIpc) is 2.85. The van der Waals surface area contributed by atoms with Gasteiger partial charge in [0.25, 0.3) is 0 Å². The fraction of sp³-hybridized carbons (Fsp3) is 0.833. The molecule has 0 aromatic heterocycles. The molecular weight excluding hydrogens is 220 g/mol. The van der Waals surface area contributed by atoms with Crippen molar-refractivity contribution in [2.24, 2.45) is 11.8 Å². The van der Waals surface area contributed by atoms with Gasteiger partial charge in [0, 0.05) is 32.0 Å². The van der Waals surface area contributed by atoms with Crippen molar-refractivity contribution in [2.75, 3.05) is 19.6 Å². The Bertz CT molecular complexity index is 319. The lowest BCUT2D eigenvalue weighted by atomic mass is 10.3. The molecule has 0 spiro atoms. The van der Waals surface area contributed by atoms with E-state index in [4.69, 9.17) is 0 Å². The van der Waals surface area contributed by atoms with Crippen molar-refractivity contribution >= 4 is 11.8 Å². The molecule has 3 atom stereocenters. The van der Waals surface area contributed by atoms with Crippen LogP contribution < -0.4 is 5.32 Å². The zero-order valence-corrected chi connectivity index (χ0v) is 10.2. The second kappa shape index (κ2) is 5.04. The highest BCUT2D eigenvalue weighted by atomic mass is 16.3. The number of rotatable bonds is 4. The fourth-order valence-electron chi connectivity index (χ4n) is 2.24. The van der Waals surface area contributed by atoms with Gasteiger partial charge < -0.3 is 15.3 Å². The number of aliphatic hydroxyl groups is 1. The predicted octanol–water partition coefficient (Wildman–Crippen LogP) is -0.258. The minimum absolute atomic E-state index is 0.0192. The third-order valence-corrected chi connectivity index (χ3v) is 3.60. The molecule has 0 aromatic carbocycles. The molecule has 2 aliphatic rings. The standard InChI is InChI=1S/C12H20N2O3/c1-8-6-10(8)12(17)13-4-2-11(16)14-5-3-9(15)7-14/h8-10,15H,2-7H2,1H3,(H,13,17)/t8?,9-,10?/m0/s1. The molecule has 1 saturated carbocycles. The van der Waals surface area contributed by atoms with Crippen LogP contribution in [0.5, 0.6) is 0 Å². The number of hydrogen-bond donors (Lipinski definition) is 2. The number of nitrogens with one attached hydrogen (secondary N) is 1. The Kier molecular flexibility index (Phi) is 3.66. The normalized spacial score (nSPS) is 31.4. The molecular formula is C12H20N2O3. The summed E-state index contributed by atoms with van der Waals surface area (Å²) in [6.45, 7) is 3.54. The van der Waals surface area contributed by atoms with E-state index < -0.39 is 0 Å². The van der Waals surface area contributed by atoms with Crippen molar-refractivity contribution in [3.05, 3.63) is 0 Å². The average molecular weight is 240 g/mol. The van der Waals surface area contributed by atoms with E-state index in [0.29, 0.717) is 38.4 Å². The van der Waals surface area contributed by atoms with Gasteiger partial charge in [0.15, 0.2) is 0 Å². The first-order chi connectivity index (χ1) is 8.08. The molecule has 2 N–H and O–H groups in total. The van der Waals surface area contributed by atoms with Crippen LogP contribution in [0.3, 0.4) is 0 Å². The molecule has 1 heterocycles. The lowest BCUT2D eigenvalue weighted by Crippen LogP contribution is -2.34. The highest BCUT2D eigenvalue weighted by Crippen LogP contribution is 2.37. The van der Waals surface area contributed by atoms with Crippen molar-refractivity contribution in [2.45, 2.75) is 32.3 Å². The maximum atomic E-state index is 11.7. The summed E-state index contributed by atoms with van der Waals surface area (Å²) in [5, 5.41) is 12.1. The van der Waals surface area contributed by atoms with Crippen molar-refractivity contribution in [1.82, 2.24) is 10.2 Å². The molecule has 5 nitrogen and oxygen atoms in total. The highest BCUT2D eigenvalue weighted by Gasteiger charge is 2.38. The minimum Gasteiger partial charge on any atom is -0.391 e. The Labute approximate surface area is 101 Å². The van der Waals surface area contributed by atoms with Gasteiger partial charge in [0.05, 0.1) is 6.10 Å². The van der Waals surface area contributed by atoms with E-state index in [9.17, 15) is 14.7 Å². The van der Waals surface area contributed by atoms with Crippen molar-refractivity contribution < 1.29 is 14.7 Å². The second-order valence-electron chi connectivity index (χ2n) is 5.14. The van der Waals surface area contributed by atoms with Gasteiger partial charge in [-0.3, -0.25) is 9.59 Å². The fourth-order valence-corrected chi connectivity index (χ4v) is 2.24. The molecule has 0 radical (unpaired) electrons. The van der Waals surface area contributed by atoms with E-state index in [2.05, 4.69) is 12.2 Å². The van der Waals surface area contributed by atoms with Gasteiger partial charge in [-0.2, -0.15) is 0 Å². The lowest BCUT2D eigenvalue weighted by molar-refractivity contribution is -0.130. The van der Waals surface area contributed by atoms with Crippen LogP contribution in [-0.2, 0) is 9.59 Å². The molecule has 96 valence electrons. The summed E-state index contributed by atoms with van der Waals surface area (Å²) in [6, 6.07) is 0. The number of carbonyl (C=O) groups excluding carboxylic acids is 2. The third kappa shape index (κ3) is 3.19. The highest BCUT2D eigenvalue weighted by molar-refractivity contribution is 5.82. The Balaban J connectivity index is 1.61. The number of carbonyl (C=O) groups is 2. The maximum Gasteiger partial charge on any atom is 0.224 e. The van der Waals surface area contributed by atoms with E-state index in [1.807, 2.05) is 0 Å². The molecule has 1 saturated heterocycles. The third-order valence-electron chi connectivity index (χ3n) is 3.60. The quantitative estimate of drug-likeness (QED) is 0.711. The van der Waals surface area contributed by atoms with Crippen molar-refractivity contribution in [3.8, 4) is 0 Å². The topological polar surface area (TPSA) is 69.6 Å². The van der Waals surface area contributed by atoms with Gasteiger partial charge >= 0.3 is 0 Å². The SMILES string of the molecule is CC1CC1C(=O)NCCC(=O)N1CC[C@H](O)C1. The predicted molar refractivity (Wildman–Crippen MR) is 62.1 cm³/mol.